The summed E-state index contributed by atoms with van der Waals surface area (Å²) in [6, 6.07) is 8.93. The van der Waals surface area contributed by atoms with Crippen LogP contribution in [0.25, 0.3) is 0 Å². The van der Waals surface area contributed by atoms with Crippen molar-refractivity contribution in [3.8, 4) is 5.75 Å². The second-order valence-corrected chi connectivity index (χ2v) is 4.47. The molecule has 0 bridgehead atoms. The van der Waals surface area contributed by atoms with E-state index in [9.17, 15) is 4.79 Å². The molecule has 0 heterocycles. The summed E-state index contributed by atoms with van der Waals surface area (Å²) in [5.41, 5.74) is 0.0374. The fraction of sp³-hybridized carbons (Fsp3) is 0.500. The summed E-state index contributed by atoms with van der Waals surface area (Å²) in [5.74, 6) is 0.507. The van der Waals surface area contributed by atoms with Crippen molar-refractivity contribution in [1.82, 2.24) is 0 Å². The molecule has 1 aromatic carbocycles. The van der Waals surface area contributed by atoms with E-state index in [1.807, 2.05) is 18.2 Å². The van der Waals surface area contributed by atoms with Gasteiger partial charge in [0.15, 0.2) is 0 Å². The van der Waals surface area contributed by atoms with Crippen molar-refractivity contribution in [2.45, 2.75) is 33.6 Å². The zero-order chi connectivity index (χ0) is 12.7. The van der Waals surface area contributed by atoms with E-state index in [1.165, 1.54) is 0 Å². The number of rotatable bonds is 5. The Bertz CT molecular complexity index is 342. The number of hydrogen-bond donors (Lipinski definition) is 0. The van der Waals surface area contributed by atoms with Gasteiger partial charge in [-0.25, -0.2) is 4.79 Å². The van der Waals surface area contributed by atoms with Crippen LogP contribution in [-0.4, -0.2) is 12.8 Å². The van der Waals surface area contributed by atoms with Crippen LogP contribution in [0.5, 0.6) is 5.75 Å². The molecule has 0 atom stereocenters. The Hall–Kier alpha value is -1.51. The quantitative estimate of drug-likeness (QED) is 0.572. The maximum absolute atomic E-state index is 11.4. The molecule has 0 spiro atoms. The summed E-state index contributed by atoms with van der Waals surface area (Å²) in [5, 5.41) is 0. The molecule has 0 unspecified atom stereocenters. The third-order valence-corrected chi connectivity index (χ3v) is 3.19. The largest absolute Gasteiger partial charge is 0.513 e. The van der Waals surface area contributed by atoms with Crippen LogP contribution in [-0.2, 0) is 4.74 Å². The minimum Gasteiger partial charge on any atom is -0.433 e. The second-order valence-electron chi connectivity index (χ2n) is 4.47. The van der Waals surface area contributed by atoms with Crippen molar-refractivity contribution in [3.63, 3.8) is 0 Å². The first kappa shape index (κ1) is 13.6. The molecule has 0 saturated carbocycles. The van der Waals surface area contributed by atoms with E-state index in [4.69, 9.17) is 9.47 Å². The average molecular weight is 236 g/mol. The van der Waals surface area contributed by atoms with Crippen molar-refractivity contribution in [2.24, 2.45) is 5.41 Å². The van der Waals surface area contributed by atoms with Crippen LogP contribution in [0.1, 0.15) is 33.6 Å². The van der Waals surface area contributed by atoms with Crippen LogP contribution in [0, 0.1) is 5.41 Å². The molecule has 3 nitrogen and oxygen atoms in total. The van der Waals surface area contributed by atoms with Crippen molar-refractivity contribution < 1.29 is 14.3 Å². The molecule has 94 valence electrons. The Balaban J connectivity index is 2.41. The van der Waals surface area contributed by atoms with E-state index < -0.39 is 6.16 Å². The summed E-state index contributed by atoms with van der Waals surface area (Å²) in [4.78, 5) is 11.4. The van der Waals surface area contributed by atoms with Crippen molar-refractivity contribution in [1.29, 1.82) is 0 Å². The summed E-state index contributed by atoms with van der Waals surface area (Å²) in [6.07, 6.45) is 1.31. The van der Waals surface area contributed by atoms with E-state index in [0.29, 0.717) is 12.4 Å². The van der Waals surface area contributed by atoms with Gasteiger partial charge in [-0.15, -0.1) is 0 Å². The Morgan fingerprint density at radius 2 is 1.76 bits per heavy atom. The number of benzene rings is 1. The molecule has 0 aromatic heterocycles. The highest BCUT2D eigenvalue weighted by Crippen LogP contribution is 2.25. The van der Waals surface area contributed by atoms with Gasteiger partial charge in [0.1, 0.15) is 12.4 Å². The summed E-state index contributed by atoms with van der Waals surface area (Å²) in [7, 11) is 0. The molecule has 0 N–H and O–H groups in total. The first-order valence-electron chi connectivity index (χ1n) is 5.99. The van der Waals surface area contributed by atoms with Crippen LogP contribution in [0.4, 0.5) is 4.79 Å². The lowest BCUT2D eigenvalue weighted by atomic mass is 9.86. The molecular weight excluding hydrogens is 216 g/mol. The van der Waals surface area contributed by atoms with Crippen LogP contribution in [0.2, 0.25) is 0 Å². The second kappa shape index (κ2) is 6.28. The van der Waals surface area contributed by atoms with Crippen LogP contribution in [0.3, 0.4) is 0 Å². The van der Waals surface area contributed by atoms with E-state index in [1.54, 1.807) is 12.1 Å². The zero-order valence-corrected chi connectivity index (χ0v) is 10.7. The molecule has 0 aliphatic carbocycles. The third-order valence-electron chi connectivity index (χ3n) is 3.19. The zero-order valence-electron chi connectivity index (χ0n) is 10.7. The maximum atomic E-state index is 11.4. The van der Waals surface area contributed by atoms with Crippen LogP contribution >= 0.6 is 0 Å². The predicted octanol–water partition coefficient (Wildman–Crippen LogP) is 4.03. The molecule has 0 saturated heterocycles. The first-order chi connectivity index (χ1) is 8.09. The summed E-state index contributed by atoms with van der Waals surface area (Å²) < 4.78 is 10.2. The maximum Gasteiger partial charge on any atom is 0.513 e. The Labute approximate surface area is 103 Å². The van der Waals surface area contributed by atoms with Gasteiger partial charge in [-0.3, -0.25) is 0 Å². The third kappa shape index (κ3) is 4.47. The van der Waals surface area contributed by atoms with Gasteiger partial charge in [0.25, 0.3) is 0 Å². The van der Waals surface area contributed by atoms with Crippen molar-refractivity contribution >= 4 is 6.16 Å². The van der Waals surface area contributed by atoms with Gasteiger partial charge in [0.2, 0.25) is 0 Å². The van der Waals surface area contributed by atoms with E-state index in [-0.39, 0.29) is 5.41 Å². The van der Waals surface area contributed by atoms with Crippen LogP contribution < -0.4 is 4.74 Å². The Kier molecular flexibility index (Phi) is 5.01. The summed E-state index contributed by atoms with van der Waals surface area (Å²) in [6.45, 7) is 6.68. The lowest BCUT2D eigenvalue weighted by Gasteiger charge is -2.25. The predicted molar refractivity (Wildman–Crippen MR) is 67.1 cm³/mol. The van der Waals surface area contributed by atoms with Crippen molar-refractivity contribution in [3.05, 3.63) is 30.3 Å². The van der Waals surface area contributed by atoms with Gasteiger partial charge in [0.05, 0.1) is 0 Å². The molecule has 0 aliphatic rings. The minimum absolute atomic E-state index is 0.0374. The van der Waals surface area contributed by atoms with Crippen LogP contribution in [0.15, 0.2) is 30.3 Å². The molecule has 17 heavy (non-hydrogen) atoms. The Morgan fingerprint density at radius 1 is 1.18 bits per heavy atom. The number of carbonyl (C=O) groups excluding carboxylic acids is 1. The van der Waals surface area contributed by atoms with Gasteiger partial charge in [-0.2, -0.15) is 0 Å². The molecule has 0 aliphatic heterocycles. The summed E-state index contributed by atoms with van der Waals surface area (Å²) >= 11 is 0. The molecule has 0 radical (unpaired) electrons. The smallest absolute Gasteiger partial charge is 0.433 e. The molecule has 3 heteroatoms. The highest BCUT2D eigenvalue weighted by atomic mass is 16.7. The van der Waals surface area contributed by atoms with Gasteiger partial charge >= 0.3 is 6.16 Å². The topological polar surface area (TPSA) is 35.5 Å². The van der Waals surface area contributed by atoms with Gasteiger partial charge < -0.3 is 9.47 Å². The van der Waals surface area contributed by atoms with E-state index in [0.717, 1.165) is 12.8 Å². The SMILES string of the molecule is CCC(C)(CC)COC(=O)Oc1ccccc1. The number of carbonyl (C=O) groups is 1. The van der Waals surface area contributed by atoms with Crippen molar-refractivity contribution in [2.75, 3.05) is 6.61 Å². The number of ether oxygens (including phenoxy) is 2. The van der Waals surface area contributed by atoms with E-state index in [2.05, 4.69) is 20.8 Å². The lowest BCUT2D eigenvalue weighted by Crippen LogP contribution is -2.25. The number of para-hydroxylation sites is 1. The normalized spacial score (nSPS) is 11.0. The van der Waals surface area contributed by atoms with E-state index >= 15 is 0 Å². The first-order valence-corrected chi connectivity index (χ1v) is 5.99. The molecule has 1 aromatic rings. The molecule has 1 rings (SSSR count). The molecule has 0 fully saturated rings. The highest BCUT2D eigenvalue weighted by molar-refractivity contribution is 5.63. The fourth-order valence-corrected chi connectivity index (χ4v) is 1.30. The monoisotopic (exact) mass is 236 g/mol. The standard InChI is InChI=1S/C14H20O3/c1-4-14(3,5-2)11-16-13(15)17-12-9-7-6-8-10-12/h6-10H,4-5,11H2,1-3H3. The fourth-order valence-electron chi connectivity index (χ4n) is 1.30. The number of hydrogen-bond acceptors (Lipinski definition) is 3. The molecular formula is C14H20O3. The minimum atomic E-state index is -0.635. The lowest BCUT2D eigenvalue weighted by molar-refractivity contribution is 0.0540. The highest BCUT2D eigenvalue weighted by Gasteiger charge is 2.22. The van der Waals surface area contributed by atoms with Gasteiger partial charge in [-0.05, 0) is 25.0 Å². The molecule has 0 amide bonds. The Morgan fingerprint density at radius 3 is 2.29 bits per heavy atom. The average Bonchev–Trinajstić information content (AvgIpc) is 2.37. The van der Waals surface area contributed by atoms with Gasteiger partial charge in [-0.1, -0.05) is 39.0 Å². The van der Waals surface area contributed by atoms with Gasteiger partial charge in [0, 0.05) is 5.41 Å².